The molecular formula is C3H5IN4O. The molecule has 1 aromatic heterocycles. The highest BCUT2D eigenvalue weighted by atomic mass is 127. The maximum absolute atomic E-state index is 4.78. The molecule has 0 aliphatic rings. The minimum atomic E-state index is 0.408. The Bertz CT molecular complexity index is 188. The van der Waals surface area contributed by atoms with Crippen molar-refractivity contribution in [2.24, 2.45) is 0 Å². The molecule has 50 valence electrons. The molecule has 0 spiro atoms. The second kappa shape index (κ2) is 3.06. The van der Waals surface area contributed by atoms with Gasteiger partial charge in [-0.3, -0.25) is 0 Å². The predicted molar refractivity (Wildman–Crippen MR) is 37.5 cm³/mol. The third kappa shape index (κ3) is 1.58. The first-order valence-corrected chi connectivity index (χ1v) is 3.33. The van der Waals surface area contributed by atoms with Crippen molar-refractivity contribution >= 4 is 22.6 Å². The molecule has 0 N–H and O–H groups in total. The van der Waals surface area contributed by atoms with Crippen molar-refractivity contribution in [3.63, 3.8) is 0 Å². The first kappa shape index (κ1) is 6.87. The van der Waals surface area contributed by atoms with E-state index in [-0.39, 0.29) is 0 Å². The molecule has 9 heavy (non-hydrogen) atoms. The summed E-state index contributed by atoms with van der Waals surface area (Å²) >= 11 is 2.03. The molecule has 0 aliphatic carbocycles. The van der Waals surface area contributed by atoms with Crippen LogP contribution in [0.4, 0.5) is 0 Å². The first-order chi connectivity index (χ1) is 4.34. The zero-order valence-electron chi connectivity index (χ0n) is 4.78. The molecule has 1 heterocycles. The Morgan fingerprint density at radius 2 is 2.56 bits per heavy atom. The molecule has 0 unspecified atom stereocenters. The van der Waals surface area contributed by atoms with Crippen molar-refractivity contribution in [3.05, 3.63) is 3.83 Å². The molecular weight excluding hydrogens is 235 g/mol. The van der Waals surface area contributed by atoms with E-state index in [0.717, 1.165) is 3.83 Å². The van der Waals surface area contributed by atoms with Gasteiger partial charge in [0.15, 0.2) is 0 Å². The highest BCUT2D eigenvalue weighted by Gasteiger charge is 1.97. The highest BCUT2D eigenvalue weighted by molar-refractivity contribution is 14.1. The van der Waals surface area contributed by atoms with E-state index in [2.05, 4.69) is 15.5 Å². The SMILES string of the molecule is COCn1nnnc1I. The monoisotopic (exact) mass is 240 g/mol. The summed E-state index contributed by atoms with van der Waals surface area (Å²) in [6.45, 7) is 0.408. The number of ether oxygens (including phenoxy) is 1. The third-order valence-electron chi connectivity index (χ3n) is 0.740. The Morgan fingerprint density at radius 1 is 1.78 bits per heavy atom. The molecule has 1 aromatic rings. The second-order valence-corrected chi connectivity index (χ2v) is 2.33. The number of tetrazole rings is 1. The maximum Gasteiger partial charge on any atom is 0.214 e. The van der Waals surface area contributed by atoms with Crippen molar-refractivity contribution in [2.45, 2.75) is 6.73 Å². The molecule has 0 saturated heterocycles. The van der Waals surface area contributed by atoms with Crippen LogP contribution >= 0.6 is 22.6 Å². The van der Waals surface area contributed by atoms with E-state index in [9.17, 15) is 0 Å². The molecule has 0 atom stereocenters. The van der Waals surface area contributed by atoms with Crippen LogP contribution in [0.3, 0.4) is 0 Å². The summed E-state index contributed by atoms with van der Waals surface area (Å²) < 4.78 is 7.07. The van der Waals surface area contributed by atoms with Crippen LogP contribution in [-0.4, -0.2) is 27.3 Å². The van der Waals surface area contributed by atoms with Gasteiger partial charge in [-0.15, -0.1) is 5.10 Å². The number of hydrogen-bond acceptors (Lipinski definition) is 4. The summed E-state index contributed by atoms with van der Waals surface area (Å²) in [5.41, 5.74) is 0. The lowest BCUT2D eigenvalue weighted by Crippen LogP contribution is -2.03. The zero-order valence-corrected chi connectivity index (χ0v) is 6.94. The first-order valence-electron chi connectivity index (χ1n) is 2.25. The van der Waals surface area contributed by atoms with Crippen LogP contribution in [0.15, 0.2) is 0 Å². The number of methoxy groups -OCH3 is 1. The van der Waals surface area contributed by atoms with Crippen molar-refractivity contribution in [1.82, 2.24) is 20.2 Å². The highest BCUT2D eigenvalue weighted by Crippen LogP contribution is 1.94. The number of hydrogen-bond donors (Lipinski definition) is 0. The van der Waals surface area contributed by atoms with Crippen LogP contribution in [0.2, 0.25) is 0 Å². The van der Waals surface area contributed by atoms with Crippen molar-refractivity contribution in [2.75, 3.05) is 7.11 Å². The molecule has 5 nitrogen and oxygen atoms in total. The molecule has 0 saturated carbocycles. The van der Waals surface area contributed by atoms with Crippen molar-refractivity contribution in [1.29, 1.82) is 0 Å². The zero-order chi connectivity index (χ0) is 6.69. The van der Waals surface area contributed by atoms with Gasteiger partial charge in [0.05, 0.1) is 0 Å². The fourth-order valence-electron chi connectivity index (χ4n) is 0.395. The van der Waals surface area contributed by atoms with Crippen LogP contribution in [0.25, 0.3) is 0 Å². The Balaban J connectivity index is 2.69. The van der Waals surface area contributed by atoms with E-state index in [0.29, 0.717) is 6.73 Å². The molecule has 6 heteroatoms. The topological polar surface area (TPSA) is 52.8 Å². The van der Waals surface area contributed by atoms with E-state index in [1.807, 2.05) is 22.6 Å². The summed E-state index contributed by atoms with van der Waals surface area (Å²) in [6, 6.07) is 0. The Kier molecular flexibility index (Phi) is 2.34. The number of halogens is 1. The third-order valence-corrected chi connectivity index (χ3v) is 1.51. The Morgan fingerprint density at radius 3 is 3.00 bits per heavy atom. The minimum absolute atomic E-state index is 0.408. The summed E-state index contributed by atoms with van der Waals surface area (Å²) in [5.74, 6) is 0. The lowest BCUT2D eigenvalue weighted by molar-refractivity contribution is 0.116. The summed E-state index contributed by atoms with van der Waals surface area (Å²) in [5, 5.41) is 10.7. The lowest BCUT2D eigenvalue weighted by Gasteiger charge is -1.94. The van der Waals surface area contributed by atoms with Crippen LogP contribution < -0.4 is 0 Å². The minimum Gasteiger partial charge on any atom is -0.362 e. The molecule has 0 aliphatic heterocycles. The van der Waals surface area contributed by atoms with Crippen molar-refractivity contribution in [3.8, 4) is 0 Å². The second-order valence-electron chi connectivity index (χ2n) is 1.37. The van der Waals surface area contributed by atoms with Gasteiger partial charge in [0, 0.05) is 29.7 Å². The average molecular weight is 240 g/mol. The normalized spacial score (nSPS) is 10.0. The Labute approximate surface area is 65.5 Å². The quantitative estimate of drug-likeness (QED) is 0.676. The molecule has 0 radical (unpaired) electrons. The Hall–Kier alpha value is -0.240. The fraction of sp³-hybridized carbons (Fsp3) is 0.667. The predicted octanol–water partition coefficient (Wildman–Crippen LogP) is -0.118. The van der Waals surface area contributed by atoms with Gasteiger partial charge in [-0.05, 0) is 10.4 Å². The van der Waals surface area contributed by atoms with Gasteiger partial charge >= 0.3 is 0 Å². The van der Waals surface area contributed by atoms with Gasteiger partial charge in [0.25, 0.3) is 0 Å². The lowest BCUT2D eigenvalue weighted by atomic mass is 11.1. The van der Waals surface area contributed by atoms with Crippen LogP contribution in [0.1, 0.15) is 0 Å². The average Bonchev–Trinajstić information content (AvgIpc) is 2.18. The van der Waals surface area contributed by atoms with E-state index in [4.69, 9.17) is 4.74 Å². The van der Waals surface area contributed by atoms with E-state index >= 15 is 0 Å². The van der Waals surface area contributed by atoms with Crippen LogP contribution in [0, 0.1) is 3.83 Å². The van der Waals surface area contributed by atoms with Gasteiger partial charge in [0.1, 0.15) is 6.73 Å². The van der Waals surface area contributed by atoms with Gasteiger partial charge in [-0.25, -0.2) is 0 Å². The standard InChI is InChI=1S/C3H5IN4O/c1-9-2-8-3(4)5-6-7-8/h2H2,1H3. The van der Waals surface area contributed by atoms with Gasteiger partial charge < -0.3 is 4.74 Å². The van der Waals surface area contributed by atoms with Gasteiger partial charge in [-0.2, -0.15) is 4.68 Å². The van der Waals surface area contributed by atoms with E-state index in [1.165, 1.54) is 0 Å². The van der Waals surface area contributed by atoms with Gasteiger partial charge in [-0.1, -0.05) is 0 Å². The fourth-order valence-corrected chi connectivity index (χ4v) is 0.727. The molecule has 0 fully saturated rings. The number of aromatic nitrogens is 4. The van der Waals surface area contributed by atoms with Crippen LogP contribution in [-0.2, 0) is 11.5 Å². The largest absolute Gasteiger partial charge is 0.362 e. The number of rotatable bonds is 2. The molecule has 0 aromatic carbocycles. The van der Waals surface area contributed by atoms with E-state index < -0.39 is 0 Å². The molecule has 0 amide bonds. The van der Waals surface area contributed by atoms with E-state index in [1.54, 1.807) is 11.8 Å². The molecule has 1 rings (SSSR count). The number of nitrogens with zero attached hydrogens (tertiary/aromatic N) is 4. The summed E-state index contributed by atoms with van der Waals surface area (Å²) in [7, 11) is 1.60. The van der Waals surface area contributed by atoms with Crippen molar-refractivity contribution < 1.29 is 4.74 Å². The van der Waals surface area contributed by atoms with Gasteiger partial charge in [0.2, 0.25) is 3.83 Å². The summed E-state index contributed by atoms with van der Waals surface area (Å²) in [4.78, 5) is 0. The molecule has 0 bridgehead atoms. The smallest absolute Gasteiger partial charge is 0.214 e. The maximum atomic E-state index is 4.78. The van der Waals surface area contributed by atoms with Crippen LogP contribution in [0.5, 0.6) is 0 Å². The summed E-state index contributed by atoms with van der Waals surface area (Å²) in [6.07, 6.45) is 0.